The largest absolute Gasteiger partial charge is 0.497 e. The number of rotatable bonds is 5. The summed E-state index contributed by atoms with van der Waals surface area (Å²) in [6, 6.07) is 8.05. The van der Waals surface area contributed by atoms with Gasteiger partial charge in [-0.15, -0.1) is 0 Å². The zero-order valence-electron chi connectivity index (χ0n) is 11.6. The molecule has 1 heterocycles. The van der Waals surface area contributed by atoms with Crippen LogP contribution < -0.4 is 16.0 Å². The van der Waals surface area contributed by atoms with E-state index in [1.165, 1.54) is 5.56 Å². The van der Waals surface area contributed by atoms with E-state index in [9.17, 15) is 0 Å². The summed E-state index contributed by atoms with van der Waals surface area (Å²) in [5.41, 5.74) is 6.15. The van der Waals surface area contributed by atoms with E-state index < -0.39 is 0 Å². The third kappa shape index (κ3) is 3.13. The van der Waals surface area contributed by atoms with Crippen LogP contribution in [0.1, 0.15) is 22.9 Å². The number of hydrogen-bond acceptors (Lipinski definition) is 4. The predicted molar refractivity (Wildman–Crippen MR) is 74.7 cm³/mol. The van der Waals surface area contributed by atoms with Crippen LogP contribution in [0.5, 0.6) is 5.75 Å². The van der Waals surface area contributed by atoms with E-state index in [1.54, 1.807) is 11.8 Å². The molecule has 0 fully saturated rings. The maximum Gasteiger partial charge on any atom is 0.119 e. The lowest BCUT2D eigenvalue weighted by molar-refractivity contribution is 0.414. The average molecular weight is 260 g/mol. The van der Waals surface area contributed by atoms with Crippen molar-refractivity contribution in [3.05, 3.63) is 47.3 Å². The Kier molecular flexibility index (Phi) is 4.19. The van der Waals surface area contributed by atoms with Crippen molar-refractivity contribution in [3.63, 3.8) is 0 Å². The molecule has 1 aromatic heterocycles. The summed E-state index contributed by atoms with van der Waals surface area (Å²) in [5, 5.41) is 4.35. The van der Waals surface area contributed by atoms with Crippen molar-refractivity contribution in [2.24, 2.45) is 12.9 Å². The first-order valence-corrected chi connectivity index (χ1v) is 6.23. The maximum absolute atomic E-state index is 5.68. The first kappa shape index (κ1) is 13.6. The van der Waals surface area contributed by atoms with Crippen LogP contribution >= 0.6 is 0 Å². The Balaban J connectivity index is 2.21. The molecule has 5 heteroatoms. The van der Waals surface area contributed by atoms with Crippen LogP contribution in [0.15, 0.2) is 30.5 Å². The fourth-order valence-electron chi connectivity index (χ4n) is 2.25. The molecule has 0 aliphatic carbocycles. The van der Waals surface area contributed by atoms with Crippen LogP contribution in [-0.4, -0.2) is 16.9 Å². The third-order valence-electron chi connectivity index (χ3n) is 3.20. The Morgan fingerprint density at radius 1 is 1.47 bits per heavy atom. The van der Waals surface area contributed by atoms with Gasteiger partial charge in [-0.3, -0.25) is 16.0 Å². The number of aryl methyl sites for hydroxylation is 2. The Labute approximate surface area is 113 Å². The summed E-state index contributed by atoms with van der Waals surface area (Å²) < 4.78 is 7.04. The fraction of sp³-hybridized carbons (Fsp3) is 0.357. The molecule has 0 bridgehead atoms. The van der Waals surface area contributed by atoms with Gasteiger partial charge in [0.15, 0.2) is 0 Å². The maximum atomic E-state index is 5.68. The predicted octanol–water partition coefficient (Wildman–Crippen LogP) is 1.48. The molecule has 1 atom stereocenters. The van der Waals surface area contributed by atoms with Crippen LogP contribution in [-0.2, 0) is 13.5 Å². The summed E-state index contributed by atoms with van der Waals surface area (Å²) in [6.07, 6.45) is 2.79. The monoisotopic (exact) mass is 260 g/mol. The molecule has 0 spiro atoms. The summed E-state index contributed by atoms with van der Waals surface area (Å²) >= 11 is 0. The third-order valence-corrected chi connectivity index (χ3v) is 3.20. The minimum atomic E-state index is 0.0424. The van der Waals surface area contributed by atoms with Gasteiger partial charge in [-0.25, -0.2) is 0 Å². The molecule has 2 rings (SSSR count). The zero-order chi connectivity index (χ0) is 13.8. The standard InChI is InChI=1S/C14H20N4O/c1-10-13(9-18(2)17-10)14(16-15)8-11-5-4-6-12(7-11)19-3/h4-7,9,14,16H,8,15H2,1-3H3. The van der Waals surface area contributed by atoms with Crippen molar-refractivity contribution in [3.8, 4) is 5.75 Å². The first-order chi connectivity index (χ1) is 9.13. The van der Waals surface area contributed by atoms with Gasteiger partial charge in [-0.05, 0) is 31.0 Å². The van der Waals surface area contributed by atoms with E-state index >= 15 is 0 Å². The molecule has 0 saturated heterocycles. The fourth-order valence-corrected chi connectivity index (χ4v) is 2.25. The van der Waals surface area contributed by atoms with Gasteiger partial charge in [0.05, 0.1) is 18.8 Å². The highest BCUT2D eigenvalue weighted by atomic mass is 16.5. The number of methoxy groups -OCH3 is 1. The van der Waals surface area contributed by atoms with Crippen LogP contribution in [0, 0.1) is 6.92 Å². The topological polar surface area (TPSA) is 65.1 Å². The van der Waals surface area contributed by atoms with Gasteiger partial charge in [0.25, 0.3) is 0 Å². The summed E-state index contributed by atoms with van der Waals surface area (Å²) in [4.78, 5) is 0. The van der Waals surface area contributed by atoms with Crippen molar-refractivity contribution in [1.29, 1.82) is 0 Å². The van der Waals surface area contributed by atoms with E-state index in [4.69, 9.17) is 10.6 Å². The van der Waals surface area contributed by atoms with Gasteiger partial charge < -0.3 is 4.74 Å². The van der Waals surface area contributed by atoms with E-state index in [-0.39, 0.29) is 6.04 Å². The second-order valence-electron chi connectivity index (χ2n) is 4.62. The molecular formula is C14H20N4O. The average Bonchev–Trinajstić information content (AvgIpc) is 2.75. The van der Waals surface area contributed by atoms with Gasteiger partial charge >= 0.3 is 0 Å². The summed E-state index contributed by atoms with van der Waals surface area (Å²) in [6.45, 7) is 1.99. The summed E-state index contributed by atoms with van der Waals surface area (Å²) in [7, 11) is 3.58. The number of hydrazine groups is 1. The zero-order valence-corrected chi connectivity index (χ0v) is 11.6. The van der Waals surface area contributed by atoms with E-state index in [2.05, 4.69) is 16.6 Å². The number of aromatic nitrogens is 2. The molecule has 19 heavy (non-hydrogen) atoms. The highest BCUT2D eigenvalue weighted by Crippen LogP contribution is 2.22. The molecule has 0 aliphatic heterocycles. The second kappa shape index (κ2) is 5.86. The van der Waals surface area contributed by atoms with Gasteiger partial charge in [0, 0.05) is 18.8 Å². The molecule has 0 amide bonds. The molecule has 1 aromatic carbocycles. The van der Waals surface area contributed by atoms with Gasteiger partial charge in [0.1, 0.15) is 5.75 Å². The van der Waals surface area contributed by atoms with Crippen molar-refractivity contribution in [1.82, 2.24) is 15.2 Å². The van der Waals surface area contributed by atoms with Crippen molar-refractivity contribution in [2.75, 3.05) is 7.11 Å². The smallest absolute Gasteiger partial charge is 0.119 e. The molecule has 102 valence electrons. The van der Waals surface area contributed by atoms with Crippen molar-refractivity contribution < 1.29 is 4.74 Å². The molecule has 2 aromatic rings. The molecule has 1 unspecified atom stereocenters. The number of ether oxygens (including phenoxy) is 1. The number of nitrogens with zero attached hydrogens (tertiary/aromatic N) is 2. The van der Waals surface area contributed by atoms with Gasteiger partial charge in [0.2, 0.25) is 0 Å². The summed E-state index contributed by atoms with van der Waals surface area (Å²) in [5.74, 6) is 6.54. The molecule has 5 nitrogen and oxygen atoms in total. The quantitative estimate of drug-likeness (QED) is 0.631. The minimum Gasteiger partial charge on any atom is -0.497 e. The van der Waals surface area contributed by atoms with Crippen molar-refractivity contribution >= 4 is 0 Å². The molecule has 3 N–H and O–H groups in total. The molecular weight excluding hydrogens is 240 g/mol. The van der Waals surface area contributed by atoms with Gasteiger partial charge in [-0.1, -0.05) is 12.1 Å². The number of hydrogen-bond donors (Lipinski definition) is 2. The Hall–Kier alpha value is -1.85. The lowest BCUT2D eigenvalue weighted by Crippen LogP contribution is -2.29. The number of nitrogens with two attached hydrogens (primary N) is 1. The number of benzene rings is 1. The van der Waals surface area contributed by atoms with Crippen LogP contribution in [0.2, 0.25) is 0 Å². The van der Waals surface area contributed by atoms with Crippen LogP contribution in [0.25, 0.3) is 0 Å². The lowest BCUT2D eigenvalue weighted by atomic mass is 10.00. The van der Waals surface area contributed by atoms with Crippen LogP contribution in [0.4, 0.5) is 0 Å². The Bertz CT molecular complexity index is 550. The Morgan fingerprint density at radius 3 is 2.84 bits per heavy atom. The Morgan fingerprint density at radius 2 is 2.26 bits per heavy atom. The number of nitrogens with one attached hydrogen (secondary N) is 1. The SMILES string of the molecule is COc1cccc(CC(NN)c2cn(C)nc2C)c1. The highest BCUT2D eigenvalue weighted by molar-refractivity contribution is 5.31. The molecule has 0 aliphatic rings. The van der Waals surface area contributed by atoms with E-state index in [0.717, 1.165) is 23.4 Å². The first-order valence-electron chi connectivity index (χ1n) is 6.23. The van der Waals surface area contributed by atoms with Crippen molar-refractivity contribution in [2.45, 2.75) is 19.4 Å². The molecule has 0 radical (unpaired) electrons. The normalized spacial score (nSPS) is 12.4. The molecule has 0 saturated carbocycles. The second-order valence-corrected chi connectivity index (χ2v) is 4.62. The lowest BCUT2D eigenvalue weighted by Gasteiger charge is -2.15. The van der Waals surface area contributed by atoms with E-state index in [0.29, 0.717) is 0 Å². The van der Waals surface area contributed by atoms with Gasteiger partial charge in [-0.2, -0.15) is 5.10 Å². The van der Waals surface area contributed by atoms with Crippen LogP contribution in [0.3, 0.4) is 0 Å². The van der Waals surface area contributed by atoms with E-state index in [1.807, 2.05) is 38.4 Å². The minimum absolute atomic E-state index is 0.0424. The highest BCUT2D eigenvalue weighted by Gasteiger charge is 2.16.